The molecule has 2 fully saturated rings. The molecule has 2 heterocycles. The van der Waals surface area contributed by atoms with Crippen LogP contribution in [-0.4, -0.2) is 45.5 Å². The molecular weight excluding hydrogens is 335 g/mol. The van der Waals surface area contributed by atoms with Crippen LogP contribution in [0.3, 0.4) is 0 Å². The van der Waals surface area contributed by atoms with Crippen LogP contribution < -0.4 is 4.74 Å². The molecule has 6 nitrogen and oxygen atoms in total. The van der Waals surface area contributed by atoms with E-state index in [1.807, 2.05) is 18.0 Å². The van der Waals surface area contributed by atoms with Gasteiger partial charge in [-0.05, 0) is 44.4 Å². The van der Waals surface area contributed by atoms with Gasteiger partial charge < -0.3 is 9.64 Å². The van der Waals surface area contributed by atoms with E-state index in [4.69, 9.17) is 4.74 Å². The number of carbonyl (C=O) groups is 1. The summed E-state index contributed by atoms with van der Waals surface area (Å²) in [5, 5.41) is 8.39. The van der Waals surface area contributed by atoms with E-state index >= 15 is 0 Å². The molecule has 1 aliphatic heterocycles. The number of rotatable bonds is 5. The van der Waals surface area contributed by atoms with Gasteiger partial charge in [0.15, 0.2) is 11.6 Å². The number of likely N-dealkylation sites (tertiary alicyclic amines) is 1. The van der Waals surface area contributed by atoms with Crippen LogP contribution >= 0.6 is 0 Å². The number of amides is 1. The number of carbonyl (C=O) groups excluding carboxylic acids is 1. The topological polar surface area (TPSA) is 60.2 Å². The van der Waals surface area contributed by atoms with Gasteiger partial charge in [0.05, 0.1) is 18.8 Å². The lowest BCUT2D eigenvalue weighted by Crippen LogP contribution is -2.37. The van der Waals surface area contributed by atoms with Crippen molar-refractivity contribution >= 4 is 5.91 Å². The Morgan fingerprint density at radius 1 is 1.35 bits per heavy atom. The summed E-state index contributed by atoms with van der Waals surface area (Å²) in [6.07, 6.45) is 5.92. The van der Waals surface area contributed by atoms with Gasteiger partial charge in [-0.15, -0.1) is 5.10 Å². The van der Waals surface area contributed by atoms with Crippen LogP contribution in [0.4, 0.5) is 4.39 Å². The number of hydrogen-bond acceptors (Lipinski definition) is 4. The number of benzene rings is 1. The summed E-state index contributed by atoms with van der Waals surface area (Å²) in [6.45, 7) is 3.69. The highest BCUT2D eigenvalue weighted by Gasteiger charge is 2.34. The molecule has 4 rings (SSSR count). The number of halogens is 1. The lowest BCUT2D eigenvalue weighted by atomic mass is 9.84. The fraction of sp³-hybridized carbons (Fsp3) is 0.526. The zero-order chi connectivity index (χ0) is 18.1. The zero-order valence-corrected chi connectivity index (χ0v) is 14.9. The lowest BCUT2D eigenvalue weighted by molar-refractivity contribution is -0.137. The summed E-state index contributed by atoms with van der Waals surface area (Å²) in [5.41, 5.74) is 1.29. The van der Waals surface area contributed by atoms with E-state index in [0.29, 0.717) is 24.4 Å². The van der Waals surface area contributed by atoms with Crippen molar-refractivity contribution in [3.05, 3.63) is 30.2 Å². The van der Waals surface area contributed by atoms with Crippen molar-refractivity contribution in [1.82, 2.24) is 19.9 Å². The fourth-order valence-corrected chi connectivity index (χ4v) is 3.59. The summed E-state index contributed by atoms with van der Waals surface area (Å²) in [7, 11) is 0. The molecule has 1 amide bonds. The Morgan fingerprint density at radius 2 is 2.19 bits per heavy atom. The van der Waals surface area contributed by atoms with Crippen LogP contribution in [0, 0.1) is 11.7 Å². The smallest absolute Gasteiger partial charge is 0.225 e. The predicted octanol–water partition coefficient (Wildman–Crippen LogP) is 3.06. The van der Waals surface area contributed by atoms with Crippen LogP contribution in [-0.2, 0) is 4.79 Å². The molecule has 0 bridgehead atoms. The molecule has 2 aromatic rings. The third kappa shape index (κ3) is 3.18. The van der Waals surface area contributed by atoms with E-state index < -0.39 is 5.82 Å². The summed E-state index contributed by atoms with van der Waals surface area (Å²) in [6, 6.07) is 4.94. The first-order valence-corrected chi connectivity index (χ1v) is 9.29. The first-order chi connectivity index (χ1) is 12.7. The molecule has 2 aliphatic rings. The number of hydrogen-bond donors (Lipinski definition) is 0. The highest BCUT2D eigenvalue weighted by molar-refractivity contribution is 5.79. The SMILES string of the molecule is CCOc1ccc(-c2cn(C3CCN(C(=O)C4CCC4)C3)nn2)cc1F. The summed E-state index contributed by atoms with van der Waals surface area (Å²) >= 11 is 0. The molecule has 0 spiro atoms. The zero-order valence-electron chi connectivity index (χ0n) is 14.9. The predicted molar refractivity (Wildman–Crippen MR) is 94.2 cm³/mol. The van der Waals surface area contributed by atoms with Crippen LogP contribution in [0.15, 0.2) is 24.4 Å². The van der Waals surface area contributed by atoms with E-state index in [-0.39, 0.29) is 23.6 Å². The Labute approximate surface area is 151 Å². The largest absolute Gasteiger partial charge is 0.491 e. The van der Waals surface area contributed by atoms with Gasteiger partial charge >= 0.3 is 0 Å². The molecule has 1 saturated carbocycles. The van der Waals surface area contributed by atoms with Gasteiger partial charge in [0, 0.05) is 24.6 Å². The minimum atomic E-state index is -0.406. The molecule has 138 valence electrons. The molecule has 7 heteroatoms. The standard InChI is InChI=1S/C19H23FN4O2/c1-2-26-18-7-6-14(10-16(18)20)17-12-24(22-21-17)15-8-9-23(11-15)19(25)13-4-3-5-13/h6-7,10,12-13,15H,2-5,8-9,11H2,1H3. The van der Waals surface area contributed by atoms with Crippen LogP contribution in [0.1, 0.15) is 38.6 Å². The molecule has 0 radical (unpaired) electrons. The molecule has 1 aromatic carbocycles. The fourth-order valence-electron chi connectivity index (χ4n) is 3.59. The summed E-state index contributed by atoms with van der Waals surface area (Å²) in [4.78, 5) is 14.3. The van der Waals surface area contributed by atoms with E-state index in [1.54, 1.807) is 16.8 Å². The summed E-state index contributed by atoms with van der Waals surface area (Å²) in [5.74, 6) is 0.348. The first kappa shape index (κ1) is 17.0. The molecular formula is C19H23FN4O2. The summed E-state index contributed by atoms with van der Waals surface area (Å²) < 4.78 is 21.1. The van der Waals surface area contributed by atoms with Crippen molar-refractivity contribution in [3.8, 4) is 17.0 Å². The molecule has 1 unspecified atom stereocenters. The van der Waals surface area contributed by atoms with Crippen LogP contribution in [0.2, 0.25) is 0 Å². The Bertz CT molecular complexity index is 803. The molecule has 1 aliphatic carbocycles. The van der Waals surface area contributed by atoms with Crippen LogP contribution in [0.5, 0.6) is 5.75 Å². The highest BCUT2D eigenvalue weighted by Crippen LogP contribution is 2.32. The van der Waals surface area contributed by atoms with Gasteiger partial charge in [-0.3, -0.25) is 4.79 Å². The second kappa shape index (κ2) is 7.05. The number of nitrogens with zero attached hydrogens (tertiary/aromatic N) is 4. The Balaban J connectivity index is 1.45. The minimum Gasteiger partial charge on any atom is -0.491 e. The maximum Gasteiger partial charge on any atom is 0.225 e. The van der Waals surface area contributed by atoms with Gasteiger partial charge in [0.25, 0.3) is 0 Å². The lowest BCUT2D eigenvalue weighted by Gasteiger charge is -2.29. The molecule has 0 N–H and O–H groups in total. The Hall–Kier alpha value is -2.44. The molecule has 26 heavy (non-hydrogen) atoms. The van der Waals surface area contributed by atoms with E-state index in [1.165, 1.54) is 12.5 Å². The van der Waals surface area contributed by atoms with Crippen molar-refractivity contribution < 1.29 is 13.9 Å². The van der Waals surface area contributed by atoms with Crippen molar-refractivity contribution in [1.29, 1.82) is 0 Å². The third-order valence-electron chi connectivity index (χ3n) is 5.34. The normalized spacial score (nSPS) is 20.2. The monoisotopic (exact) mass is 358 g/mol. The second-order valence-electron chi connectivity index (χ2n) is 7.02. The van der Waals surface area contributed by atoms with Crippen molar-refractivity contribution in [3.63, 3.8) is 0 Å². The van der Waals surface area contributed by atoms with Crippen molar-refractivity contribution in [2.45, 2.75) is 38.6 Å². The minimum absolute atomic E-state index is 0.132. The number of ether oxygens (including phenoxy) is 1. The highest BCUT2D eigenvalue weighted by atomic mass is 19.1. The molecule has 1 atom stereocenters. The average Bonchev–Trinajstić information content (AvgIpc) is 3.24. The van der Waals surface area contributed by atoms with Gasteiger partial charge in [0.1, 0.15) is 5.69 Å². The first-order valence-electron chi connectivity index (χ1n) is 9.29. The Kier molecular flexibility index (Phi) is 4.61. The maximum atomic E-state index is 14.1. The van der Waals surface area contributed by atoms with Crippen molar-refractivity contribution in [2.24, 2.45) is 5.92 Å². The van der Waals surface area contributed by atoms with Crippen LogP contribution in [0.25, 0.3) is 11.3 Å². The van der Waals surface area contributed by atoms with Gasteiger partial charge in [0.2, 0.25) is 5.91 Å². The Morgan fingerprint density at radius 3 is 2.88 bits per heavy atom. The van der Waals surface area contributed by atoms with E-state index in [0.717, 1.165) is 25.8 Å². The third-order valence-corrected chi connectivity index (χ3v) is 5.34. The second-order valence-corrected chi connectivity index (χ2v) is 7.02. The van der Waals surface area contributed by atoms with Gasteiger partial charge in [-0.25, -0.2) is 9.07 Å². The van der Waals surface area contributed by atoms with Crippen molar-refractivity contribution in [2.75, 3.05) is 19.7 Å². The molecule has 1 aromatic heterocycles. The van der Waals surface area contributed by atoms with Gasteiger partial charge in [-0.1, -0.05) is 11.6 Å². The quantitative estimate of drug-likeness (QED) is 0.824. The maximum absolute atomic E-state index is 14.1. The average molecular weight is 358 g/mol. The number of aromatic nitrogens is 3. The van der Waals surface area contributed by atoms with Gasteiger partial charge in [-0.2, -0.15) is 0 Å². The van der Waals surface area contributed by atoms with E-state index in [9.17, 15) is 9.18 Å². The molecule has 1 saturated heterocycles. The van der Waals surface area contributed by atoms with E-state index in [2.05, 4.69) is 10.3 Å².